The number of rotatable bonds is 3. The molecule has 0 fully saturated rings. The number of methoxy groups -OCH3 is 1. The van der Waals surface area contributed by atoms with Crippen molar-refractivity contribution in [1.29, 1.82) is 0 Å². The van der Waals surface area contributed by atoms with E-state index < -0.39 is 0 Å². The highest BCUT2D eigenvalue weighted by Crippen LogP contribution is 2.17. The molecule has 0 radical (unpaired) electrons. The lowest BCUT2D eigenvalue weighted by molar-refractivity contribution is 0.0725. The summed E-state index contributed by atoms with van der Waals surface area (Å²) in [7, 11) is 1.61. The Labute approximate surface area is 116 Å². The number of ether oxygens (including phenoxy) is 1. The summed E-state index contributed by atoms with van der Waals surface area (Å²) >= 11 is 0. The maximum atomic E-state index is 12.5. The Balaban J connectivity index is 1.78. The zero-order valence-corrected chi connectivity index (χ0v) is 11.3. The van der Waals surface area contributed by atoms with Crippen LogP contribution in [0.2, 0.25) is 0 Å². The van der Waals surface area contributed by atoms with Crippen molar-refractivity contribution in [2.75, 3.05) is 13.7 Å². The summed E-state index contributed by atoms with van der Waals surface area (Å²) in [6.07, 6.45) is 2.46. The number of pyridine rings is 1. The monoisotopic (exact) mass is 272 g/mol. The summed E-state index contributed by atoms with van der Waals surface area (Å²) in [5, 5.41) is 0. The molecule has 3 heterocycles. The van der Waals surface area contributed by atoms with Gasteiger partial charge in [0.2, 0.25) is 0 Å². The van der Waals surface area contributed by atoms with Crippen molar-refractivity contribution in [3.8, 4) is 0 Å². The third-order valence-electron chi connectivity index (χ3n) is 3.38. The lowest BCUT2D eigenvalue weighted by atomic mass is 10.1. The predicted molar refractivity (Wildman–Crippen MR) is 72.0 cm³/mol. The molecule has 0 atom stereocenters. The van der Waals surface area contributed by atoms with Crippen molar-refractivity contribution in [3.05, 3.63) is 47.3 Å². The number of hydrogen-bond donors (Lipinski definition) is 1. The van der Waals surface area contributed by atoms with Crippen LogP contribution in [0.15, 0.2) is 24.5 Å². The van der Waals surface area contributed by atoms with Crippen molar-refractivity contribution >= 4 is 5.91 Å². The fraction of sp³-hybridized carbons (Fsp3) is 0.357. The van der Waals surface area contributed by atoms with E-state index in [4.69, 9.17) is 4.74 Å². The van der Waals surface area contributed by atoms with E-state index in [1.54, 1.807) is 24.4 Å². The molecule has 0 spiro atoms. The molecule has 0 aliphatic carbocycles. The van der Waals surface area contributed by atoms with Gasteiger partial charge in [0.1, 0.15) is 5.69 Å². The molecule has 0 bridgehead atoms. The first-order valence-corrected chi connectivity index (χ1v) is 6.53. The third kappa shape index (κ3) is 2.42. The lowest BCUT2D eigenvalue weighted by Crippen LogP contribution is -2.36. The molecule has 2 aromatic rings. The summed E-state index contributed by atoms with van der Waals surface area (Å²) in [5.74, 6) is -0.0526. The number of nitrogens with one attached hydrogen (secondary N) is 1. The van der Waals surface area contributed by atoms with E-state index in [-0.39, 0.29) is 5.91 Å². The maximum Gasteiger partial charge on any atom is 0.272 e. The van der Waals surface area contributed by atoms with E-state index in [1.807, 2.05) is 12.1 Å². The van der Waals surface area contributed by atoms with Crippen LogP contribution in [0.5, 0.6) is 0 Å². The largest absolute Gasteiger partial charge is 0.378 e. The van der Waals surface area contributed by atoms with Crippen LogP contribution in [0.4, 0.5) is 0 Å². The van der Waals surface area contributed by atoms with E-state index in [2.05, 4.69) is 15.0 Å². The molecule has 6 heteroatoms. The first-order chi connectivity index (χ1) is 9.78. The van der Waals surface area contributed by atoms with Crippen LogP contribution in [0, 0.1) is 0 Å². The Morgan fingerprint density at radius 1 is 1.50 bits per heavy atom. The molecule has 2 aromatic heterocycles. The number of carbonyl (C=O) groups is 1. The van der Waals surface area contributed by atoms with Crippen molar-refractivity contribution in [2.45, 2.75) is 19.6 Å². The average Bonchev–Trinajstić information content (AvgIpc) is 2.94. The van der Waals surface area contributed by atoms with Gasteiger partial charge in [-0.15, -0.1) is 0 Å². The molecule has 20 heavy (non-hydrogen) atoms. The van der Waals surface area contributed by atoms with Crippen molar-refractivity contribution < 1.29 is 9.53 Å². The minimum Gasteiger partial charge on any atom is -0.378 e. The van der Waals surface area contributed by atoms with Gasteiger partial charge in [-0.2, -0.15) is 0 Å². The third-order valence-corrected chi connectivity index (χ3v) is 3.38. The molecule has 0 saturated heterocycles. The molecule has 3 rings (SSSR count). The number of amides is 1. The van der Waals surface area contributed by atoms with Crippen molar-refractivity contribution in [2.24, 2.45) is 0 Å². The van der Waals surface area contributed by atoms with E-state index in [0.29, 0.717) is 25.4 Å². The quantitative estimate of drug-likeness (QED) is 0.910. The predicted octanol–water partition coefficient (Wildman–Crippen LogP) is 1.15. The smallest absolute Gasteiger partial charge is 0.272 e. The average molecular weight is 272 g/mol. The van der Waals surface area contributed by atoms with Crippen LogP contribution >= 0.6 is 0 Å². The van der Waals surface area contributed by atoms with E-state index in [1.165, 1.54) is 0 Å². The topological polar surface area (TPSA) is 71.1 Å². The highest BCUT2D eigenvalue weighted by molar-refractivity contribution is 5.92. The number of H-pyrrole nitrogens is 1. The van der Waals surface area contributed by atoms with Crippen LogP contribution in [-0.2, 0) is 24.3 Å². The Morgan fingerprint density at radius 2 is 2.40 bits per heavy atom. The van der Waals surface area contributed by atoms with Crippen LogP contribution in [0.25, 0.3) is 0 Å². The first kappa shape index (κ1) is 12.8. The molecule has 1 aliphatic heterocycles. The Morgan fingerprint density at radius 3 is 3.25 bits per heavy atom. The second kappa shape index (κ2) is 5.42. The molecule has 6 nitrogen and oxygen atoms in total. The Kier molecular flexibility index (Phi) is 3.47. The highest BCUT2D eigenvalue weighted by atomic mass is 16.5. The summed E-state index contributed by atoms with van der Waals surface area (Å²) < 4.78 is 5.04. The minimum absolute atomic E-state index is 0.0526. The molecule has 0 saturated carbocycles. The summed E-state index contributed by atoms with van der Waals surface area (Å²) in [6, 6.07) is 5.42. The van der Waals surface area contributed by atoms with Crippen LogP contribution in [0.3, 0.4) is 0 Å². The normalized spacial score (nSPS) is 14.2. The minimum atomic E-state index is -0.0526. The first-order valence-electron chi connectivity index (χ1n) is 6.53. The van der Waals surface area contributed by atoms with Crippen molar-refractivity contribution in [1.82, 2.24) is 19.9 Å². The molecule has 1 amide bonds. The fourth-order valence-corrected chi connectivity index (χ4v) is 2.37. The SMILES string of the molecule is COCc1cccc(C(=O)N2CCc3nc[nH]c3C2)n1. The second-order valence-electron chi connectivity index (χ2n) is 4.75. The zero-order valence-electron chi connectivity index (χ0n) is 11.3. The molecule has 1 N–H and O–H groups in total. The number of aromatic nitrogens is 3. The number of hydrogen-bond acceptors (Lipinski definition) is 4. The van der Waals surface area contributed by atoms with Gasteiger partial charge in [0.15, 0.2) is 0 Å². The number of imidazole rings is 1. The van der Waals surface area contributed by atoms with E-state index >= 15 is 0 Å². The summed E-state index contributed by atoms with van der Waals surface area (Å²) in [6.45, 7) is 1.64. The van der Waals surface area contributed by atoms with Gasteiger partial charge in [0.25, 0.3) is 5.91 Å². The molecule has 104 valence electrons. The fourth-order valence-electron chi connectivity index (χ4n) is 2.37. The molecule has 1 aliphatic rings. The van der Waals surface area contributed by atoms with Gasteiger partial charge in [-0.1, -0.05) is 6.07 Å². The van der Waals surface area contributed by atoms with Gasteiger partial charge in [-0.3, -0.25) is 4.79 Å². The van der Waals surface area contributed by atoms with Gasteiger partial charge in [-0.25, -0.2) is 9.97 Å². The van der Waals surface area contributed by atoms with E-state index in [9.17, 15) is 4.79 Å². The maximum absolute atomic E-state index is 12.5. The van der Waals surface area contributed by atoms with E-state index in [0.717, 1.165) is 23.5 Å². The molecular weight excluding hydrogens is 256 g/mol. The molecule has 0 unspecified atom stereocenters. The van der Waals surface area contributed by atoms with Crippen molar-refractivity contribution in [3.63, 3.8) is 0 Å². The summed E-state index contributed by atoms with van der Waals surface area (Å²) in [5.41, 5.74) is 3.29. The van der Waals surface area contributed by atoms with Crippen LogP contribution < -0.4 is 0 Å². The van der Waals surface area contributed by atoms with Gasteiger partial charge in [-0.05, 0) is 12.1 Å². The van der Waals surface area contributed by atoms with Gasteiger partial charge < -0.3 is 14.6 Å². The lowest BCUT2D eigenvalue weighted by Gasteiger charge is -2.26. The highest BCUT2D eigenvalue weighted by Gasteiger charge is 2.24. The zero-order chi connectivity index (χ0) is 13.9. The Hall–Kier alpha value is -2.21. The number of nitrogens with zero attached hydrogens (tertiary/aromatic N) is 3. The molecular formula is C14H16N4O2. The van der Waals surface area contributed by atoms with Gasteiger partial charge in [0.05, 0.1) is 36.6 Å². The van der Waals surface area contributed by atoms with Crippen LogP contribution in [-0.4, -0.2) is 39.4 Å². The molecule has 0 aromatic carbocycles. The number of aromatic amines is 1. The van der Waals surface area contributed by atoms with Crippen LogP contribution in [0.1, 0.15) is 27.6 Å². The standard InChI is InChI=1S/C14H16N4O2/c1-20-8-10-3-2-4-12(17-10)14(19)18-6-5-11-13(7-18)16-9-15-11/h2-4,9H,5-8H2,1H3,(H,15,16). The Bertz CT molecular complexity index is 623. The number of fused-ring (bicyclic) bond motifs is 1. The number of carbonyl (C=O) groups excluding carboxylic acids is 1. The van der Waals surface area contributed by atoms with Gasteiger partial charge >= 0.3 is 0 Å². The second-order valence-corrected chi connectivity index (χ2v) is 4.75. The summed E-state index contributed by atoms with van der Waals surface area (Å²) in [4.78, 5) is 25.9. The van der Waals surface area contributed by atoms with Gasteiger partial charge in [0, 0.05) is 20.1 Å².